The van der Waals surface area contributed by atoms with Gasteiger partial charge in [-0.3, -0.25) is 9.98 Å². The Hall–Kier alpha value is -7.23. The predicted octanol–water partition coefficient (Wildman–Crippen LogP) is 13.8. The highest BCUT2D eigenvalue weighted by Crippen LogP contribution is 2.35. The van der Waals surface area contributed by atoms with Gasteiger partial charge in [0.15, 0.2) is 5.84 Å². The summed E-state index contributed by atoms with van der Waals surface area (Å²) in [5.74, 6) is 0.683. The SMILES string of the molecule is C=Cc1cc(-c2ccc(C(=N/Cc3ccc(-c4cc5ccccc5c5ccccc45)cc3)/N=C(\C)c3cc4ccccc4c4ccccc34)cc2)cnc1C=C. The van der Waals surface area contributed by atoms with E-state index in [4.69, 9.17) is 9.98 Å². The van der Waals surface area contributed by atoms with E-state index in [2.05, 4.69) is 189 Å². The number of benzene rings is 8. The molecule has 3 nitrogen and oxygen atoms in total. The first-order valence-corrected chi connectivity index (χ1v) is 18.9. The molecule has 3 heteroatoms. The fraction of sp³-hybridized carbons (Fsp3) is 0.0377. The Balaban J connectivity index is 1.10. The third kappa shape index (κ3) is 6.50. The number of amidine groups is 1. The van der Waals surface area contributed by atoms with Gasteiger partial charge in [0, 0.05) is 34.2 Å². The molecule has 0 aliphatic heterocycles. The van der Waals surface area contributed by atoms with E-state index >= 15 is 0 Å². The third-order valence-electron chi connectivity index (χ3n) is 10.7. The number of rotatable bonds is 8. The van der Waals surface area contributed by atoms with Crippen LogP contribution in [0.3, 0.4) is 0 Å². The van der Waals surface area contributed by atoms with E-state index in [-0.39, 0.29) is 0 Å². The van der Waals surface area contributed by atoms with E-state index in [1.807, 2.05) is 12.3 Å². The van der Waals surface area contributed by atoms with Crippen LogP contribution in [0.2, 0.25) is 0 Å². The zero-order chi connectivity index (χ0) is 38.0. The molecule has 0 aliphatic rings. The summed E-state index contributed by atoms with van der Waals surface area (Å²) in [4.78, 5) is 15.1. The van der Waals surface area contributed by atoms with Crippen molar-refractivity contribution in [3.8, 4) is 22.3 Å². The molecule has 9 aromatic rings. The summed E-state index contributed by atoms with van der Waals surface area (Å²) in [6, 6.07) is 58.3. The first kappa shape index (κ1) is 34.5. The molecule has 0 spiro atoms. The van der Waals surface area contributed by atoms with Crippen molar-refractivity contribution in [3.63, 3.8) is 0 Å². The predicted molar refractivity (Wildman–Crippen MR) is 241 cm³/mol. The van der Waals surface area contributed by atoms with Crippen LogP contribution in [0.5, 0.6) is 0 Å². The van der Waals surface area contributed by atoms with Crippen molar-refractivity contribution in [1.82, 2.24) is 4.98 Å². The Kier molecular flexibility index (Phi) is 9.18. The maximum Gasteiger partial charge on any atom is 0.155 e. The second kappa shape index (κ2) is 14.9. The number of aliphatic imine (C=N–C) groups is 2. The molecular formula is C53H39N3. The lowest BCUT2D eigenvalue weighted by Crippen LogP contribution is -2.05. The molecule has 0 saturated carbocycles. The lowest BCUT2D eigenvalue weighted by atomic mass is 9.93. The highest BCUT2D eigenvalue weighted by atomic mass is 14.9. The number of aromatic nitrogens is 1. The summed E-state index contributed by atoms with van der Waals surface area (Å²) in [7, 11) is 0. The van der Waals surface area contributed by atoms with Crippen LogP contribution in [0.1, 0.15) is 34.9 Å². The zero-order valence-electron chi connectivity index (χ0n) is 31.3. The minimum Gasteiger partial charge on any atom is -0.261 e. The van der Waals surface area contributed by atoms with Gasteiger partial charge in [-0.15, -0.1) is 0 Å². The standard InChI is InChI=1S/C53H39N3/c1-4-37-30-43(34-54-52(37)5-2)38-26-28-40(29-27-38)53(56-35(3)50-31-41-14-6-8-16-44(41)46-18-10-12-20-48(46)50)55-33-36-22-24-39(25-23-36)51-32-42-15-7-9-17-45(42)47-19-11-13-21-49(47)51/h4-32,34H,1-2,33H2,3H3/b55-53-,56-35+. The number of pyridine rings is 1. The van der Waals surface area contributed by atoms with Crippen molar-refractivity contribution in [3.05, 3.63) is 211 Å². The highest BCUT2D eigenvalue weighted by molar-refractivity contribution is 6.21. The quantitative estimate of drug-likeness (QED) is 0.0876. The molecule has 0 fully saturated rings. The van der Waals surface area contributed by atoms with Crippen LogP contribution in [-0.2, 0) is 6.54 Å². The largest absolute Gasteiger partial charge is 0.261 e. The second-order valence-electron chi connectivity index (χ2n) is 14.1. The molecule has 0 N–H and O–H groups in total. The van der Waals surface area contributed by atoms with E-state index in [1.54, 1.807) is 6.08 Å². The Morgan fingerprint density at radius 3 is 1.79 bits per heavy atom. The summed E-state index contributed by atoms with van der Waals surface area (Å²) in [6.07, 6.45) is 5.45. The highest BCUT2D eigenvalue weighted by Gasteiger charge is 2.13. The van der Waals surface area contributed by atoms with Crippen LogP contribution >= 0.6 is 0 Å². The lowest BCUT2D eigenvalue weighted by Gasteiger charge is -2.12. The van der Waals surface area contributed by atoms with Crippen LogP contribution in [0.25, 0.3) is 77.5 Å². The number of hydrogen-bond acceptors (Lipinski definition) is 2. The minimum absolute atomic E-state index is 0.487. The van der Waals surface area contributed by atoms with Gasteiger partial charge >= 0.3 is 0 Å². The fourth-order valence-corrected chi connectivity index (χ4v) is 7.81. The van der Waals surface area contributed by atoms with E-state index in [1.165, 1.54) is 54.2 Å². The smallest absolute Gasteiger partial charge is 0.155 e. The molecule has 9 rings (SSSR count). The summed E-state index contributed by atoms with van der Waals surface area (Å²) in [6.45, 7) is 10.4. The molecule has 0 unspecified atom stereocenters. The van der Waals surface area contributed by atoms with Gasteiger partial charge in [-0.05, 0) is 96.5 Å². The molecule has 0 atom stereocenters. The maximum absolute atomic E-state index is 5.30. The first-order chi connectivity index (χ1) is 27.6. The van der Waals surface area contributed by atoms with Crippen LogP contribution in [0.4, 0.5) is 0 Å². The average Bonchev–Trinajstić information content (AvgIpc) is 3.27. The van der Waals surface area contributed by atoms with Crippen molar-refractivity contribution in [2.24, 2.45) is 9.98 Å². The van der Waals surface area contributed by atoms with E-state index < -0.39 is 0 Å². The number of fused-ring (bicyclic) bond motifs is 6. The summed E-state index contributed by atoms with van der Waals surface area (Å²) in [5, 5.41) is 9.84. The van der Waals surface area contributed by atoms with Gasteiger partial charge in [0.2, 0.25) is 0 Å². The van der Waals surface area contributed by atoms with Crippen molar-refractivity contribution in [2.75, 3.05) is 0 Å². The molecule has 0 saturated heterocycles. The van der Waals surface area contributed by atoms with Gasteiger partial charge in [-0.25, -0.2) is 4.99 Å². The van der Waals surface area contributed by atoms with Crippen molar-refractivity contribution < 1.29 is 0 Å². The van der Waals surface area contributed by atoms with Gasteiger partial charge < -0.3 is 0 Å². The molecule has 1 heterocycles. The molecule has 0 bridgehead atoms. The minimum atomic E-state index is 0.487. The molecule has 266 valence electrons. The van der Waals surface area contributed by atoms with Gasteiger partial charge in [-0.2, -0.15) is 0 Å². The number of hydrogen-bond donors (Lipinski definition) is 0. The third-order valence-corrected chi connectivity index (χ3v) is 10.7. The monoisotopic (exact) mass is 717 g/mol. The summed E-state index contributed by atoms with van der Waals surface area (Å²) in [5.41, 5.74) is 10.3. The fourth-order valence-electron chi connectivity index (χ4n) is 7.81. The van der Waals surface area contributed by atoms with Crippen molar-refractivity contribution >= 4 is 66.8 Å². The van der Waals surface area contributed by atoms with Gasteiger partial charge in [0.1, 0.15) is 0 Å². The second-order valence-corrected chi connectivity index (χ2v) is 14.1. The van der Waals surface area contributed by atoms with Crippen LogP contribution < -0.4 is 0 Å². The normalized spacial score (nSPS) is 12.1. The van der Waals surface area contributed by atoms with E-state index in [9.17, 15) is 0 Å². The molecule has 8 aromatic carbocycles. The molecule has 1 aromatic heterocycles. The average molecular weight is 718 g/mol. The van der Waals surface area contributed by atoms with Crippen LogP contribution in [-0.4, -0.2) is 16.5 Å². The molecule has 0 amide bonds. The Labute approximate surface area is 327 Å². The van der Waals surface area contributed by atoms with Crippen molar-refractivity contribution in [2.45, 2.75) is 13.5 Å². The number of nitrogens with zero attached hydrogens (tertiary/aromatic N) is 3. The maximum atomic E-state index is 5.30. The first-order valence-electron chi connectivity index (χ1n) is 18.9. The molecule has 56 heavy (non-hydrogen) atoms. The lowest BCUT2D eigenvalue weighted by molar-refractivity contribution is 1.06. The molecular weight excluding hydrogens is 679 g/mol. The van der Waals surface area contributed by atoms with E-state index in [0.717, 1.165) is 44.8 Å². The molecule has 0 aliphatic carbocycles. The van der Waals surface area contributed by atoms with Gasteiger partial charge in [0.05, 0.1) is 12.2 Å². The van der Waals surface area contributed by atoms with Crippen LogP contribution in [0, 0.1) is 0 Å². The van der Waals surface area contributed by atoms with Gasteiger partial charge in [-0.1, -0.05) is 165 Å². The summed E-state index contributed by atoms with van der Waals surface area (Å²) < 4.78 is 0. The molecule has 0 radical (unpaired) electrons. The van der Waals surface area contributed by atoms with Crippen LogP contribution in [0.15, 0.2) is 193 Å². The Morgan fingerprint density at radius 2 is 1.12 bits per heavy atom. The van der Waals surface area contributed by atoms with E-state index in [0.29, 0.717) is 12.4 Å². The van der Waals surface area contributed by atoms with Crippen molar-refractivity contribution in [1.29, 1.82) is 0 Å². The Morgan fingerprint density at radius 1 is 0.554 bits per heavy atom. The topological polar surface area (TPSA) is 37.6 Å². The van der Waals surface area contributed by atoms with Gasteiger partial charge in [0.25, 0.3) is 0 Å². The summed E-state index contributed by atoms with van der Waals surface area (Å²) >= 11 is 0. The zero-order valence-corrected chi connectivity index (χ0v) is 31.3. The Bertz CT molecular complexity index is 3020.